The fourth-order valence-electron chi connectivity index (χ4n) is 2.41. The Morgan fingerprint density at radius 3 is 2.26 bits per heavy atom. The zero-order chi connectivity index (χ0) is 17.0. The molecule has 1 fully saturated rings. The Kier molecular flexibility index (Phi) is 5.53. The first kappa shape index (κ1) is 17.2. The topological polar surface area (TPSA) is 75.3 Å². The highest BCUT2D eigenvalue weighted by Crippen LogP contribution is 2.39. The molecule has 1 aliphatic carbocycles. The molecule has 23 heavy (non-hydrogen) atoms. The van der Waals surface area contributed by atoms with E-state index < -0.39 is 0 Å². The van der Waals surface area contributed by atoms with Gasteiger partial charge < -0.3 is 10.6 Å². The van der Waals surface area contributed by atoms with E-state index in [1.54, 1.807) is 24.3 Å². The lowest BCUT2D eigenvalue weighted by molar-refractivity contribution is -0.125. The van der Waals surface area contributed by atoms with Crippen molar-refractivity contribution in [1.29, 1.82) is 0 Å². The Morgan fingerprint density at radius 2 is 1.70 bits per heavy atom. The van der Waals surface area contributed by atoms with Crippen molar-refractivity contribution in [1.82, 2.24) is 5.32 Å². The van der Waals surface area contributed by atoms with Crippen LogP contribution < -0.4 is 10.6 Å². The molecule has 0 radical (unpaired) electrons. The third-order valence-corrected chi connectivity index (χ3v) is 4.04. The summed E-state index contributed by atoms with van der Waals surface area (Å²) in [5.41, 5.74) is 1.25. The molecule has 0 spiro atoms. The van der Waals surface area contributed by atoms with Gasteiger partial charge in [-0.1, -0.05) is 13.8 Å². The summed E-state index contributed by atoms with van der Waals surface area (Å²) in [6.45, 7) is 6.38. The summed E-state index contributed by atoms with van der Waals surface area (Å²) >= 11 is 0. The van der Waals surface area contributed by atoms with Crippen molar-refractivity contribution >= 4 is 23.3 Å². The summed E-state index contributed by atoms with van der Waals surface area (Å²) < 4.78 is 0. The predicted molar refractivity (Wildman–Crippen MR) is 89.1 cm³/mol. The molecule has 124 valence electrons. The van der Waals surface area contributed by atoms with Crippen LogP contribution >= 0.6 is 0 Å². The maximum Gasteiger partial charge on any atom is 0.228 e. The number of anilines is 1. The van der Waals surface area contributed by atoms with Gasteiger partial charge in [0.25, 0.3) is 0 Å². The number of Topliss-reactive ketones (excluding diaryl/α,β-unsaturated/α-hetero) is 1. The first-order chi connectivity index (χ1) is 10.9. The zero-order valence-corrected chi connectivity index (χ0v) is 13.9. The van der Waals surface area contributed by atoms with E-state index in [-0.39, 0.29) is 29.4 Å². The second-order valence-corrected chi connectivity index (χ2v) is 6.55. The van der Waals surface area contributed by atoms with Gasteiger partial charge in [-0.05, 0) is 49.9 Å². The van der Waals surface area contributed by atoms with Crippen LogP contribution in [0.5, 0.6) is 0 Å². The molecule has 0 bridgehead atoms. The highest BCUT2D eigenvalue weighted by molar-refractivity contribution is 6.00. The van der Waals surface area contributed by atoms with Crippen LogP contribution in [0.3, 0.4) is 0 Å². The summed E-state index contributed by atoms with van der Waals surface area (Å²) in [6.07, 6.45) is 1.54. The van der Waals surface area contributed by atoms with Gasteiger partial charge in [-0.2, -0.15) is 0 Å². The number of carbonyl (C=O) groups excluding carboxylic acids is 3. The zero-order valence-electron chi connectivity index (χ0n) is 13.9. The van der Waals surface area contributed by atoms with Crippen LogP contribution in [0.1, 0.15) is 44.0 Å². The van der Waals surface area contributed by atoms with Gasteiger partial charge in [0.2, 0.25) is 11.8 Å². The quantitative estimate of drug-likeness (QED) is 0.759. The molecule has 0 saturated heterocycles. The standard InChI is InChI=1S/C18H24N2O3/c1-11(2)8-9-19-17(22)15-10-16(15)18(23)20-14-6-4-13(5-7-14)12(3)21/h4-7,11,15-16H,8-10H2,1-3H3,(H,19,22)(H,20,23). The lowest BCUT2D eigenvalue weighted by Crippen LogP contribution is -2.28. The summed E-state index contributed by atoms with van der Waals surface area (Å²) in [6, 6.07) is 6.77. The van der Waals surface area contributed by atoms with Gasteiger partial charge in [-0.15, -0.1) is 0 Å². The Hall–Kier alpha value is -2.17. The first-order valence-electron chi connectivity index (χ1n) is 8.08. The third kappa shape index (κ3) is 4.91. The number of carbonyl (C=O) groups is 3. The van der Waals surface area contributed by atoms with Gasteiger partial charge in [0.15, 0.2) is 5.78 Å². The molecule has 2 atom stereocenters. The number of amides is 2. The van der Waals surface area contributed by atoms with Gasteiger partial charge in [0.05, 0.1) is 11.8 Å². The number of benzene rings is 1. The Balaban J connectivity index is 1.79. The fraction of sp³-hybridized carbons (Fsp3) is 0.500. The van der Waals surface area contributed by atoms with Crippen molar-refractivity contribution < 1.29 is 14.4 Å². The minimum Gasteiger partial charge on any atom is -0.356 e. The molecule has 1 aromatic rings. The number of hydrogen-bond donors (Lipinski definition) is 2. The predicted octanol–water partition coefficient (Wildman–Crippen LogP) is 2.63. The highest BCUT2D eigenvalue weighted by atomic mass is 16.2. The van der Waals surface area contributed by atoms with Gasteiger partial charge >= 0.3 is 0 Å². The smallest absolute Gasteiger partial charge is 0.228 e. The molecule has 2 amide bonds. The van der Waals surface area contributed by atoms with Gasteiger partial charge in [0, 0.05) is 17.8 Å². The average Bonchev–Trinajstić information content (AvgIpc) is 3.28. The van der Waals surface area contributed by atoms with E-state index in [0.717, 1.165) is 6.42 Å². The largest absolute Gasteiger partial charge is 0.356 e. The normalized spacial score (nSPS) is 19.3. The summed E-state index contributed by atoms with van der Waals surface area (Å²) in [7, 11) is 0. The van der Waals surface area contributed by atoms with E-state index in [4.69, 9.17) is 0 Å². The molecule has 0 heterocycles. The Labute approximate surface area is 136 Å². The molecule has 1 aliphatic rings. The molecule has 1 aromatic carbocycles. The summed E-state index contributed by atoms with van der Waals surface area (Å²) in [5.74, 6) is -0.0859. The minimum atomic E-state index is -0.249. The SMILES string of the molecule is CC(=O)c1ccc(NC(=O)C2CC2C(=O)NCCC(C)C)cc1. The molecular weight excluding hydrogens is 292 g/mol. The van der Waals surface area contributed by atoms with E-state index in [1.807, 2.05) is 0 Å². The van der Waals surface area contributed by atoms with Crippen LogP contribution in [-0.2, 0) is 9.59 Å². The average molecular weight is 316 g/mol. The van der Waals surface area contributed by atoms with Crippen molar-refractivity contribution in [3.05, 3.63) is 29.8 Å². The summed E-state index contributed by atoms with van der Waals surface area (Å²) in [4.78, 5) is 35.3. The molecular formula is C18H24N2O3. The van der Waals surface area contributed by atoms with E-state index in [1.165, 1.54) is 6.92 Å². The molecule has 0 aromatic heterocycles. The van der Waals surface area contributed by atoms with Crippen LogP contribution in [-0.4, -0.2) is 24.1 Å². The van der Waals surface area contributed by atoms with Crippen molar-refractivity contribution in [2.45, 2.75) is 33.6 Å². The lowest BCUT2D eigenvalue weighted by atomic mass is 10.1. The van der Waals surface area contributed by atoms with Crippen LogP contribution in [0.4, 0.5) is 5.69 Å². The Bertz CT molecular complexity index is 593. The number of rotatable bonds is 7. The first-order valence-corrected chi connectivity index (χ1v) is 8.08. The van der Waals surface area contributed by atoms with Crippen LogP contribution in [0, 0.1) is 17.8 Å². The molecule has 5 heteroatoms. The maximum atomic E-state index is 12.1. The molecule has 1 saturated carbocycles. The highest BCUT2D eigenvalue weighted by Gasteiger charge is 2.47. The second kappa shape index (κ2) is 7.40. The van der Waals surface area contributed by atoms with Gasteiger partial charge in [0.1, 0.15) is 0 Å². The van der Waals surface area contributed by atoms with E-state index in [2.05, 4.69) is 24.5 Å². The maximum absolute atomic E-state index is 12.1. The third-order valence-electron chi connectivity index (χ3n) is 4.04. The Morgan fingerprint density at radius 1 is 1.09 bits per heavy atom. The van der Waals surface area contributed by atoms with Gasteiger partial charge in [-0.25, -0.2) is 0 Å². The number of hydrogen-bond acceptors (Lipinski definition) is 3. The van der Waals surface area contributed by atoms with Crippen LogP contribution in [0.25, 0.3) is 0 Å². The van der Waals surface area contributed by atoms with Crippen molar-refractivity contribution in [3.63, 3.8) is 0 Å². The van der Waals surface area contributed by atoms with Crippen molar-refractivity contribution in [3.8, 4) is 0 Å². The second-order valence-electron chi connectivity index (χ2n) is 6.55. The molecule has 2 rings (SSSR count). The monoisotopic (exact) mass is 316 g/mol. The molecule has 2 unspecified atom stereocenters. The lowest BCUT2D eigenvalue weighted by Gasteiger charge is -2.07. The summed E-state index contributed by atoms with van der Waals surface area (Å²) in [5, 5.41) is 5.69. The van der Waals surface area contributed by atoms with Crippen LogP contribution in [0.15, 0.2) is 24.3 Å². The van der Waals surface area contributed by atoms with Crippen LogP contribution in [0.2, 0.25) is 0 Å². The number of nitrogens with one attached hydrogen (secondary N) is 2. The van der Waals surface area contributed by atoms with E-state index in [9.17, 15) is 14.4 Å². The fourth-order valence-corrected chi connectivity index (χ4v) is 2.41. The molecule has 5 nitrogen and oxygen atoms in total. The van der Waals surface area contributed by atoms with E-state index >= 15 is 0 Å². The van der Waals surface area contributed by atoms with Crippen molar-refractivity contribution in [2.75, 3.05) is 11.9 Å². The minimum absolute atomic E-state index is 0.0109. The molecule has 0 aliphatic heterocycles. The van der Waals surface area contributed by atoms with E-state index in [0.29, 0.717) is 30.1 Å². The van der Waals surface area contributed by atoms with Gasteiger partial charge in [-0.3, -0.25) is 14.4 Å². The number of ketones is 1. The molecule has 2 N–H and O–H groups in total. The van der Waals surface area contributed by atoms with Crippen molar-refractivity contribution in [2.24, 2.45) is 17.8 Å².